The molecule has 0 aliphatic carbocycles. The number of aryl methyl sites for hydroxylation is 2. The third-order valence-electron chi connectivity index (χ3n) is 5.38. The standard InChI is InChI=1S/C24H26N4O3/c1-4-28-19-9-7-11-22(31-3)17(19)14-20(28)18-15-23(27-26-18)25-24(29)13-12-16-8-5-6-10-21(16)30-2/h5-11,14-15H,4,12-13H2,1-3H3,(H2,25,26,27,29). The molecule has 160 valence electrons. The summed E-state index contributed by atoms with van der Waals surface area (Å²) in [5.41, 5.74) is 3.92. The predicted octanol–water partition coefficient (Wildman–Crippen LogP) is 4.64. The summed E-state index contributed by atoms with van der Waals surface area (Å²) in [6.07, 6.45) is 0.936. The fourth-order valence-corrected chi connectivity index (χ4v) is 3.88. The summed E-state index contributed by atoms with van der Waals surface area (Å²) in [4.78, 5) is 12.5. The van der Waals surface area contributed by atoms with E-state index in [-0.39, 0.29) is 5.91 Å². The van der Waals surface area contributed by atoms with Gasteiger partial charge in [0, 0.05) is 24.4 Å². The Bertz CT molecular complexity index is 1210. The second-order valence-electron chi connectivity index (χ2n) is 7.19. The van der Waals surface area contributed by atoms with Crippen molar-refractivity contribution >= 4 is 22.6 Å². The molecule has 1 amide bonds. The molecule has 0 fully saturated rings. The number of hydrogen-bond acceptors (Lipinski definition) is 4. The van der Waals surface area contributed by atoms with E-state index < -0.39 is 0 Å². The third kappa shape index (κ3) is 4.12. The van der Waals surface area contributed by atoms with Crippen molar-refractivity contribution in [3.8, 4) is 22.9 Å². The van der Waals surface area contributed by atoms with E-state index in [9.17, 15) is 4.79 Å². The Labute approximate surface area is 181 Å². The van der Waals surface area contributed by atoms with Crippen LogP contribution in [0.1, 0.15) is 18.9 Å². The molecule has 7 heteroatoms. The van der Waals surface area contributed by atoms with Crippen LogP contribution in [0.3, 0.4) is 0 Å². The number of para-hydroxylation sites is 1. The van der Waals surface area contributed by atoms with Crippen LogP contribution in [-0.4, -0.2) is 34.9 Å². The number of carbonyl (C=O) groups is 1. The van der Waals surface area contributed by atoms with Crippen LogP contribution in [0.15, 0.2) is 54.6 Å². The van der Waals surface area contributed by atoms with Gasteiger partial charge in [-0.1, -0.05) is 24.3 Å². The van der Waals surface area contributed by atoms with Gasteiger partial charge in [-0.3, -0.25) is 9.89 Å². The monoisotopic (exact) mass is 418 g/mol. The zero-order valence-corrected chi connectivity index (χ0v) is 17.9. The summed E-state index contributed by atoms with van der Waals surface area (Å²) in [6.45, 7) is 2.89. The van der Waals surface area contributed by atoms with Crippen molar-refractivity contribution in [3.05, 3.63) is 60.2 Å². The van der Waals surface area contributed by atoms with Gasteiger partial charge in [0.15, 0.2) is 5.82 Å². The maximum atomic E-state index is 12.5. The van der Waals surface area contributed by atoms with Crippen LogP contribution in [-0.2, 0) is 17.8 Å². The highest BCUT2D eigenvalue weighted by Gasteiger charge is 2.15. The van der Waals surface area contributed by atoms with Gasteiger partial charge < -0.3 is 19.4 Å². The zero-order valence-electron chi connectivity index (χ0n) is 17.9. The lowest BCUT2D eigenvalue weighted by atomic mass is 10.1. The van der Waals surface area contributed by atoms with Crippen molar-refractivity contribution < 1.29 is 14.3 Å². The number of amides is 1. The Hall–Kier alpha value is -3.74. The molecule has 0 unspecified atom stereocenters. The van der Waals surface area contributed by atoms with E-state index in [1.165, 1.54) is 0 Å². The van der Waals surface area contributed by atoms with Gasteiger partial charge in [-0.15, -0.1) is 0 Å². The van der Waals surface area contributed by atoms with Crippen LogP contribution < -0.4 is 14.8 Å². The first-order chi connectivity index (χ1) is 15.1. The van der Waals surface area contributed by atoms with Crippen LogP contribution in [0.5, 0.6) is 11.5 Å². The normalized spacial score (nSPS) is 10.9. The number of hydrogen-bond donors (Lipinski definition) is 2. The number of fused-ring (bicyclic) bond motifs is 1. The number of nitrogens with zero attached hydrogens (tertiary/aromatic N) is 2. The smallest absolute Gasteiger partial charge is 0.225 e. The summed E-state index contributed by atoms with van der Waals surface area (Å²) < 4.78 is 13.1. The number of anilines is 1. The first kappa shape index (κ1) is 20.5. The molecule has 7 nitrogen and oxygen atoms in total. The highest BCUT2D eigenvalue weighted by atomic mass is 16.5. The topological polar surface area (TPSA) is 81.2 Å². The number of benzene rings is 2. The van der Waals surface area contributed by atoms with Crippen molar-refractivity contribution in [3.63, 3.8) is 0 Å². The Morgan fingerprint density at radius 2 is 1.84 bits per heavy atom. The van der Waals surface area contributed by atoms with Gasteiger partial charge >= 0.3 is 0 Å². The minimum absolute atomic E-state index is 0.0957. The molecule has 0 radical (unpaired) electrons. The van der Waals surface area contributed by atoms with Gasteiger partial charge in [-0.25, -0.2) is 0 Å². The van der Waals surface area contributed by atoms with E-state index in [2.05, 4.69) is 39.1 Å². The Kier molecular flexibility index (Phi) is 5.93. The number of nitrogens with one attached hydrogen (secondary N) is 2. The Balaban J connectivity index is 1.50. The molecule has 0 aliphatic heterocycles. The highest BCUT2D eigenvalue weighted by Crippen LogP contribution is 2.33. The minimum atomic E-state index is -0.0957. The lowest BCUT2D eigenvalue weighted by molar-refractivity contribution is -0.116. The summed E-state index contributed by atoms with van der Waals surface area (Å²) in [6, 6.07) is 17.7. The average Bonchev–Trinajstić information content (AvgIpc) is 3.41. The lowest BCUT2D eigenvalue weighted by Gasteiger charge is -2.07. The van der Waals surface area contributed by atoms with Crippen molar-refractivity contribution in [2.24, 2.45) is 0 Å². The molecule has 0 spiro atoms. The molecule has 31 heavy (non-hydrogen) atoms. The van der Waals surface area contributed by atoms with Gasteiger partial charge in [-0.2, -0.15) is 5.10 Å². The first-order valence-electron chi connectivity index (χ1n) is 10.3. The largest absolute Gasteiger partial charge is 0.496 e. The molecule has 4 aromatic rings. The number of aromatic amines is 1. The molecule has 0 saturated carbocycles. The van der Waals surface area contributed by atoms with Gasteiger partial charge in [0.2, 0.25) is 5.91 Å². The SMILES string of the molecule is CCn1c(-c2cc(NC(=O)CCc3ccccc3OC)n[nH]2)cc2c(OC)cccc21. The van der Waals surface area contributed by atoms with E-state index >= 15 is 0 Å². The predicted molar refractivity (Wildman–Crippen MR) is 122 cm³/mol. The minimum Gasteiger partial charge on any atom is -0.496 e. The van der Waals surface area contributed by atoms with E-state index in [1.54, 1.807) is 14.2 Å². The summed E-state index contributed by atoms with van der Waals surface area (Å²) in [5, 5.41) is 11.2. The van der Waals surface area contributed by atoms with E-state index in [0.717, 1.165) is 45.9 Å². The summed E-state index contributed by atoms with van der Waals surface area (Å²) in [7, 11) is 3.31. The second-order valence-corrected chi connectivity index (χ2v) is 7.19. The quantitative estimate of drug-likeness (QED) is 0.437. The van der Waals surface area contributed by atoms with Crippen molar-refractivity contribution in [1.29, 1.82) is 0 Å². The maximum Gasteiger partial charge on any atom is 0.225 e. The van der Waals surface area contributed by atoms with Crippen LogP contribution in [0.25, 0.3) is 22.3 Å². The molecular formula is C24H26N4O3. The van der Waals surface area contributed by atoms with E-state index in [4.69, 9.17) is 9.47 Å². The number of aromatic nitrogens is 3. The van der Waals surface area contributed by atoms with Crippen LogP contribution in [0.4, 0.5) is 5.82 Å². The van der Waals surface area contributed by atoms with Gasteiger partial charge in [-0.05, 0) is 43.2 Å². The molecular weight excluding hydrogens is 392 g/mol. The van der Waals surface area contributed by atoms with Gasteiger partial charge in [0.25, 0.3) is 0 Å². The first-order valence-corrected chi connectivity index (χ1v) is 10.3. The molecule has 2 N–H and O–H groups in total. The zero-order chi connectivity index (χ0) is 21.8. The average molecular weight is 418 g/mol. The van der Waals surface area contributed by atoms with Crippen molar-refractivity contribution in [2.75, 3.05) is 19.5 Å². The summed E-state index contributed by atoms with van der Waals surface area (Å²) >= 11 is 0. The molecule has 0 aliphatic rings. The Morgan fingerprint density at radius 3 is 2.61 bits per heavy atom. The summed E-state index contributed by atoms with van der Waals surface area (Å²) in [5.74, 6) is 2.03. The lowest BCUT2D eigenvalue weighted by Crippen LogP contribution is -2.12. The number of ether oxygens (including phenoxy) is 2. The molecule has 0 atom stereocenters. The van der Waals surface area contributed by atoms with Gasteiger partial charge in [0.05, 0.1) is 31.1 Å². The fraction of sp³-hybridized carbons (Fsp3) is 0.250. The molecule has 2 aromatic carbocycles. The molecule has 4 rings (SSSR count). The molecule has 0 saturated heterocycles. The molecule has 2 heterocycles. The van der Waals surface area contributed by atoms with E-state index in [1.807, 2.05) is 42.5 Å². The maximum absolute atomic E-state index is 12.5. The van der Waals surface area contributed by atoms with E-state index in [0.29, 0.717) is 18.7 Å². The van der Waals surface area contributed by atoms with Crippen LogP contribution in [0, 0.1) is 0 Å². The third-order valence-corrected chi connectivity index (χ3v) is 5.38. The van der Waals surface area contributed by atoms with Crippen LogP contribution >= 0.6 is 0 Å². The van der Waals surface area contributed by atoms with Crippen LogP contribution in [0.2, 0.25) is 0 Å². The van der Waals surface area contributed by atoms with Gasteiger partial charge in [0.1, 0.15) is 11.5 Å². The number of carbonyl (C=O) groups excluding carboxylic acids is 1. The highest BCUT2D eigenvalue weighted by molar-refractivity contribution is 5.93. The second kappa shape index (κ2) is 8.95. The molecule has 0 bridgehead atoms. The number of H-pyrrole nitrogens is 1. The number of rotatable bonds is 8. The van der Waals surface area contributed by atoms with Crippen molar-refractivity contribution in [2.45, 2.75) is 26.3 Å². The molecule has 2 aromatic heterocycles. The Morgan fingerprint density at radius 1 is 1.06 bits per heavy atom. The van der Waals surface area contributed by atoms with Crippen molar-refractivity contribution in [1.82, 2.24) is 14.8 Å². The fourth-order valence-electron chi connectivity index (χ4n) is 3.88. The number of methoxy groups -OCH3 is 2.